The van der Waals surface area contributed by atoms with Gasteiger partial charge in [-0.2, -0.15) is 39.2 Å². The number of hydrogen-bond acceptors (Lipinski definition) is 4. The van der Waals surface area contributed by atoms with Crippen molar-refractivity contribution in [1.82, 2.24) is 0 Å². The Morgan fingerprint density at radius 3 is 2.03 bits per heavy atom. The topological polar surface area (TPSA) is 72.8 Å². The molecule has 1 aliphatic heterocycles. The van der Waals surface area contributed by atoms with E-state index in [0.29, 0.717) is 0 Å². The fraction of sp³-hybridized carbons (Fsp3) is 0.667. The van der Waals surface area contributed by atoms with Crippen molar-refractivity contribution in [3.63, 3.8) is 0 Å². The van der Waals surface area contributed by atoms with E-state index in [9.17, 15) is 39.2 Å². The van der Waals surface area contributed by atoms with Gasteiger partial charge in [0.1, 0.15) is 0 Å². The molecule has 2 saturated carbocycles. The Morgan fingerprint density at radius 2 is 1.52 bits per heavy atom. The number of fused-ring (bicyclic) bond motifs is 5. The standard InChI is InChI=1S/C18H17F7O5S/c1-7-10-6-11(16(19,20)18(24,25)31(26,27)28)12(7)14-13(10)29-15(30-14)8-2-4-9(5-3-8)17(21,22)23/h2-5,7,10-15H,6H2,1H3,(H,26,27,28)/t7-,10?,11?,12?,13?,14?,15?/m1/s1. The summed E-state index contributed by atoms with van der Waals surface area (Å²) in [6, 6.07) is 3.82. The molecule has 0 aromatic heterocycles. The zero-order chi connectivity index (χ0) is 23.1. The van der Waals surface area contributed by atoms with Gasteiger partial charge in [0.15, 0.2) is 6.29 Å². The summed E-state index contributed by atoms with van der Waals surface area (Å²) in [7, 11) is -6.37. The number of halogens is 7. The van der Waals surface area contributed by atoms with E-state index in [1.54, 1.807) is 0 Å². The molecule has 7 atom stereocenters. The number of hydrogen-bond donors (Lipinski definition) is 1. The maximum absolute atomic E-state index is 14.6. The van der Waals surface area contributed by atoms with Gasteiger partial charge in [-0.15, -0.1) is 0 Å². The summed E-state index contributed by atoms with van der Waals surface area (Å²) in [5.74, 6) is -9.56. The summed E-state index contributed by atoms with van der Waals surface area (Å²) < 4.78 is 137. The van der Waals surface area contributed by atoms with Crippen LogP contribution in [0.15, 0.2) is 24.3 Å². The number of benzene rings is 1. The Kier molecular flexibility index (Phi) is 4.97. The maximum atomic E-state index is 14.6. The second kappa shape index (κ2) is 6.78. The predicted octanol–water partition coefficient (Wildman–Crippen LogP) is 4.51. The molecule has 3 fully saturated rings. The molecule has 31 heavy (non-hydrogen) atoms. The SMILES string of the molecule is C[C@@H]1C2CC(C(F)(F)C(F)(F)S(=O)(=O)O)C1C1OC(c3ccc(C(F)(F)F)cc3)OC12. The maximum Gasteiger partial charge on any atom is 0.431 e. The minimum absolute atomic E-state index is 0.195. The largest absolute Gasteiger partial charge is 0.431 e. The molecule has 1 aromatic rings. The highest BCUT2D eigenvalue weighted by atomic mass is 32.2. The second-order valence-corrected chi connectivity index (χ2v) is 9.67. The van der Waals surface area contributed by atoms with Crippen molar-refractivity contribution < 1.29 is 53.2 Å². The Morgan fingerprint density at radius 1 is 0.968 bits per heavy atom. The van der Waals surface area contributed by atoms with E-state index in [-0.39, 0.29) is 5.56 Å². The van der Waals surface area contributed by atoms with Crippen LogP contribution in [0.4, 0.5) is 30.7 Å². The lowest BCUT2D eigenvalue weighted by Crippen LogP contribution is -2.55. The summed E-state index contributed by atoms with van der Waals surface area (Å²) in [6.07, 6.45) is -8.04. The van der Waals surface area contributed by atoms with Crippen molar-refractivity contribution in [2.45, 2.75) is 49.2 Å². The lowest BCUT2D eigenvalue weighted by atomic mass is 9.80. The molecular formula is C18H17F7O5S. The summed E-state index contributed by atoms with van der Waals surface area (Å²) in [4.78, 5) is 0. The van der Waals surface area contributed by atoms with E-state index in [2.05, 4.69) is 0 Å². The van der Waals surface area contributed by atoms with Gasteiger partial charge in [0.05, 0.1) is 17.8 Å². The van der Waals surface area contributed by atoms with Crippen LogP contribution in [0.2, 0.25) is 0 Å². The van der Waals surface area contributed by atoms with Crippen molar-refractivity contribution in [2.24, 2.45) is 23.7 Å². The third kappa shape index (κ3) is 3.26. The van der Waals surface area contributed by atoms with Crippen LogP contribution >= 0.6 is 0 Å². The minimum atomic E-state index is -6.37. The third-order valence-electron chi connectivity index (χ3n) is 6.65. The van der Waals surface area contributed by atoms with Gasteiger partial charge in [-0.3, -0.25) is 4.55 Å². The zero-order valence-electron chi connectivity index (χ0n) is 15.7. The zero-order valence-corrected chi connectivity index (χ0v) is 16.5. The molecule has 4 rings (SSSR count). The van der Waals surface area contributed by atoms with Gasteiger partial charge in [0.25, 0.3) is 0 Å². The van der Waals surface area contributed by atoms with Gasteiger partial charge in [0.2, 0.25) is 0 Å². The molecule has 2 aliphatic carbocycles. The van der Waals surface area contributed by atoms with Crippen molar-refractivity contribution in [1.29, 1.82) is 0 Å². The Bertz CT molecular complexity index is 963. The molecule has 6 unspecified atom stereocenters. The molecular weight excluding hydrogens is 461 g/mol. The Labute approximate surface area is 172 Å². The molecule has 1 saturated heterocycles. The van der Waals surface area contributed by atoms with Crippen LogP contribution < -0.4 is 0 Å². The van der Waals surface area contributed by atoms with Gasteiger partial charge in [-0.05, 0) is 36.3 Å². The molecule has 1 heterocycles. The van der Waals surface area contributed by atoms with Crippen LogP contribution in [-0.2, 0) is 25.8 Å². The molecule has 13 heteroatoms. The van der Waals surface area contributed by atoms with Gasteiger partial charge >= 0.3 is 27.5 Å². The molecule has 5 nitrogen and oxygen atoms in total. The quantitative estimate of drug-likeness (QED) is 0.510. The van der Waals surface area contributed by atoms with Gasteiger partial charge < -0.3 is 9.47 Å². The second-order valence-electron chi connectivity index (χ2n) is 8.21. The normalized spacial score (nSPS) is 36.1. The van der Waals surface area contributed by atoms with Crippen LogP contribution in [-0.4, -0.2) is 36.4 Å². The molecule has 1 N–H and O–H groups in total. The average molecular weight is 478 g/mol. The highest BCUT2D eigenvalue weighted by Crippen LogP contribution is 2.64. The van der Waals surface area contributed by atoms with E-state index < -0.39 is 81.6 Å². The van der Waals surface area contributed by atoms with E-state index in [1.165, 1.54) is 6.92 Å². The smallest absolute Gasteiger partial charge is 0.342 e. The molecule has 0 spiro atoms. The lowest BCUT2D eigenvalue weighted by Gasteiger charge is -2.36. The van der Waals surface area contributed by atoms with Gasteiger partial charge in [0, 0.05) is 11.5 Å². The average Bonchev–Trinajstić information content (AvgIpc) is 3.29. The molecule has 3 aliphatic rings. The van der Waals surface area contributed by atoms with Crippen LogP contribution in [0.25, 0.3) is 0 Å². The van der Waals surface area contributed by atoms with Gasteiger partial charge in [-0.1, -0.05) is 19.1 Å². The fourth-order valence-electron chi connectivity index (χ4n) is 5.17. The van der Waals surface area contributed by atoms with Gasteiger partial charge in [-0.25, -0.2) is 0 Å². The van der Waals surface area contributed by atoms with Crippen LogP contribution in [0.5, 0.6) is 0 Å². The molecule has 0 amide bonds. The first kappa shape index (κ1) is 22.7. The van der Waals surface area contributed by atoms with Crippen LogP contribution in [0, 0.1) is 23.7 Å². The van der Waals surface area contributed by atoms with Crippen LogP contribution in [0.3, 0.4) is 0 Å². The number of rotatable bonds is 4. The first-order valence-electron chi connectivity index (χ1n) is 9.28. The monoisotopic (exact) mass is 478 g/mol. The number of ether oxygens (including phenoxy) is 2. The van der Waals surface area contributed by atoms with Crippen molar-refractivity contribution in [2.75, 3.05) is 0 Å². The lowest BCUT2D eigenvalue weighted by molar-refractivity contribution is -0.211. The van der Waals surface area contributed by atoms with E-state index >= 15 is 0 Å². The summed E-state index contributed by atoms with van der Waals surface area (Å²) in [5.41, 5.74) is -0.712. The number of alkyl halides is 7. The molecule has 1 aromatic carbocycles. The molecule has 174 valence electrons. The minimum Gasteiger partial charge on any atom is -0.342 e. The first-order chi connectivity index (χ1) is 14.1. The Hall–Kier alpha value is -1.44. The van der Waals surface area contributed by atoms with E-state index in [1.807, 2.05) is 0 Å². The summed E-state index contributed by atoms with van der Waals surface area (Å²) >= 11 is 0. The fourth-order valence-corrected chi connectivity index (χ4v) is 5.66. The first-order valence-corrected chi connectivity index (χ1v) is 10.7. The van der Waals surface area contributed by atoms with Crippen molar-refractivity contribution in [3.8, 4) is 0 Å². The Balaban J connectivity index is 1.57. The highest BCUT2D eigenvalue weighted by Gasteiger charge is 2.76. The summed E-state index contributed by atoms with van der Waals surface area (Å²) in [6.45, 7) is 1.54. The van der Waals surface area contributed by atoms with E-state index in [0.717, 1.165) is 24.3 Å². The van der Waals surface area contributed by atoms with Crippen molar-refractivity contribution >= 4 is 10.1 Å². The predicted molar refractivity (Wildman–Crippen MR) is 89.6 cm³/mol. The molecule has 2 bridgehead atoms. The summed E-state index contributed by atoms with van der Waals surface area (Å²) in [5, 5.41) is -5.68. The van der Waals surface area contributed by atoms with E-state index in [4.69, 9.17) is 14.0 Å². The van der Waals surface area contributed by atoms with Crippen molar-refractivity contribution in [3.05, 3.63) is 35.4 Å². The highest BCUT2D eigenvalue weighted by molar-refractivity contribution is 7.87. The molecule has 0 radical (unpaired) electrons. The van der Waals surface area contributed by atoms with Crippen LogP contribution in [0.1, 0.15) is 30.8 Å². The third-order valence-corrected chi connectivity index (χ3v) is 7.57.